The highest BCUT2D eigenvalue weighted by molar-refractivity contribution is 5.97. The second kappa shape index (κ2) is 9.35. The van der Waals surface area contributed by atoms with E-state index >= 15 is 0 Å². The number of carbonyl (C=O) groups is 1. The summed E-state index contributed by atoms with van der Waals surface area (Å²) >= 11 is 0. The first kappa shape index (κ1) is 23.0. The third-order valence-electron chi connectivity index (χ3n) is 5.49. The predicted molar refractivity (Wildman–Crippen MR) is 126 cm³/mol. The highest BCUT2D eigenvalue weighted by Gasteiger charge is 2.19. The van der Waals surface area contributed by atoms with Crippen LogP contribution in [-0.4, -0.2) is 20.4 Å². The summed E-state index contributed by atoms with van der Waals surface area (Å²) in [5.41, 5.74) is 2.41. The van der Waals surface area contributed by atoms with E-state index in [0.29, 0.717) is 22.3 Å². The molecule has 4 rings (SSSR count). The molecular weight excluding hydrogens is 438 g/mol. The summed E-state index contributed by atoms with van der Waals surface area (Å²) in [7, 11) is 0. The number of amides is 1. The number of benzene rings is 1. The van der Waals surface area contributed by atoms with Crippen LogP contribution in [0.4, 0.5) is 8.78 Å². The summed E-state index contributed by atoms with van der Waals surface area (Å²) in [6, 6.07) is 11.3. The Kier molecular flexibility index (Phi) is 6.32. The summed E-state index contributed by atoms with van der Waals surface area (Å²) in [6.07, 6.45) is 2.67. The maximum atomic E-state index is 13.4. The van der Waals surface area contributed by atoms with Crippen molar-refractivity contribution in [2.75, 3.05) is 0 Å². The number of fused-ring (bicyclic) bond motifs is 1. The fraction of sp³-hybridized carbons (Fsp3) is 0.154. The van der Waals surface area contributed by atoms with E-state index in [9.17, 15) is 18.4 Å². The molecule has 0 spiro atoms. The molecule has 0 saturated heterocycles. The van der Waals surface area contributed by atoms with Crippen molar-refractivity contribution in [2.24, 2.45) is 0 Å². The number of hydrogen-bond acceptors (Lipinski definition) is 4. The van der Waals surface area contributed by atoms with Crippen LogP contribution in [0.1, 0.15) is 47.1 Å². The minimum atomic E-state index is -0.578. The normalized spacial score (nSPS) is 11.9. The van der Waals surface area contributed by atoms with Crippen LogP contribution in [0, 0.1) is 11.6 Å². The number of halogens is 2. The van der Waals surface area contributed by atoms with E-state index in [1.807, 2.05) is 6.92 Å². The van der Waals surface area contributed by atoms with Crippen molar-refractivity contribution in [3.05, 3.63) is 112 Å². The number of rotatable bonds is 6. The predicted octanol–water partition coefficient (Wildman–Crippen LogP) is 4.64. The van der Waals surface area contributed by atoms with Crippen LogP contribution in [-0.2, 0) is 6.54 Å². The third-order valence-corrected chi connectivity index (χ3v) is 5.49. The van der Waals surface area contributed by atoms with Gasteiger partial charge in [0.05, 0.1) is 24.5 Å². The largest absolute Gasteiger partial charge is 0.345 e. The summed E-state index contributed by atoms with van der Waals surface area (Å²) in [5, 5.41) is 3.37. The molecule has 0 saturated carbocycles. The molecule has 172 valence electrons. The van der Waals surface area contributed by atoms with Gasteiger partial charge < -0.3 is 5.32 Å². The number of allylic oxidation sites excluding steroid dienone is 1. The highest BCUT2D eigenvalue weighted by Crippen LogP contribution is 2.20. The van der Waals surface area contributed by atoms with Gasteiger partial charge in [0.15, 0.2) is 0 Å². The molecule has 1 atom stereocenters. The van der Waals surface area contributed by atoms with Gasteiger partial charge in [-0.1, -0.05) is 18.7 Å². The Morgan fingerprint density at radius 2 is 1.76 bits per heavy atom. The van der Waals surface area contributed by atoms with E-state index in [1.165, 1.54) is 34.9 Å². The van der Waals surface area contributed by atoms with Crippen molar-refractivity contribution in [1.29, 1.82) is 0 Å². The first-order valence-electron chi connectivity index (χ1n) is 10.6. The van der Waals surface area contributed by atoms with Gasteiger partial charge in [0.25, 0.3) is 11.5 Å². The number of carbonyl (C=O) groups excluding carboxylic acids is 1. The molecule has 0 aliphatic rings. The molecule has 0 radical (unpaired) electrons. The van der Waals surface area contributed by atoms with Gasteiger partial charge in [0, 0.05) is 11.6 Å². The lowest BCUT2D eigenvalue weighted by Gasteiger charge is -2.16. The number of nitrogens with one attached hydrogen (secondary N) is 1. The molecule has 0 bridgehead atoms. The average Bonchev–Trinajstić information content (AvgIpc) is 2.81. The molecule has 3 heterocycles. The van der Waals surface area contributed by atoms with E-state index in [4.69, 9.17) is 0 Å². The first-order chi connectivity index (χ1) is 16.2. The first-order valence-corrected chi connectivity index (χ1v) is 10.6. The molecule has 1 aromatic carbocycles. The summed E-state index contributed by atoms with van der Waals surface area (Å²) in [5.74, 6) is -1.45. The summed E-state index contributed by atoms with van der Waals surface area (Å²) < 4.78 is 27.9. The van der Waals surface area contributed by atoms with Crippen molar-refractivity contribution in [3.63, 3.8) is 0 Å². The maximum Gasteiger partial charge on any atom is 0.265 e. The second-order valence-corrected chi connectivity index (χ2v) is 8.08. The molecule has 0 fully saturated rings. The van der Waals surface area contributed by atoms with Gasteiger partial charge in [-0.25, -0.2) is 13.8 Å². The van der Waals surface area contributed by atoms with E-state index in [1.54, 1.807) is 31.3 Å². The summed E-state index contributed by atoms with van der Waals surface area (Å²) in [4.78, 5) is 35.0. The van der Waals surface area contributed by atoms with Gasteiger partial charge in [0.1, 0.15) is 22.8 Å². The topological polar surface area (TPSA) is 76.9 Å². The van der Waals surface area contributed by atoms with Gasteiger partial charge in [-0.3, -0.25) is 19.1 Å². The zero-order valence-corrected chi connectivity index (χ0v) is 18.7. The summed E-state index contributed by atoms with van der Waals surface area (Å²) in [6.45, 7) is 7.50. The molecule has 6 nitrogen and oxygen atoms in total. The average molecular weight is 460 g/mol. The lowest BCUT2D eigenvalue weighted by molar-refractivity contribution is 0.0938. The second-order valence-electron chi connectivity index (χ2n) is 8.08. The lowest BCUT2D eigenvalue weighted by atomic mass is 10.1. The lowest BCUT2D eigenvalue weighted by Crippen LogP contribution is -2.35. The SMILES string of the molecule is C=C(C)c1cnc2c(c1)cc(C(=O)N[C@H](C)c1ccc(F)cc1)c(=O)n2Cc1ccc(F)cn1. The van der Waals surface area contributed by atoms with Crippen LogP contribution in [0.5, 0.6) is 0 Å². The fourth-order valence-corrected chi connectivity index (χ4v) is 3.58. The van der Waals surface area contributed by atoms with Gasteiger partial charge in [-0.15, -0.1) is 0 Å². The zero-order valence-electron chi connectivity index (χ0n) is 18.7. The highest BCUT2D eigenvalue weighted by atomic mass is 19.1. The Hall–Kier alpha value is -4.20. The molecule has 0 aliphatic carbocycles. The van der Waals surface area contributed by atoms with Gasteiger partial charge in [-0.05, 0) is 66.9 Å². The molecule has 34 heavy (non-hydrogen) atoms. The van der Waals surface area contributed by atoms with E-state index in [-0.39, 0.29) is 17.9 Å². The van der Waals surface area contributed by atoms with E-state index in [0.717, 1.165) is 17.3 Å². The van der Waals surface area contributed by atoms with Gasteiger partial charge in [-0.2, -0.15) is 0 Å². The standard InChI is InChI=1S/C26H22F2N4O2/c1-15(2)19-10-18-11-23(25(33)31-16(3)17-4-6-20(27)7-5-17)26(34)32(24(18)30-12-19)14-22-9-8-21(28)13-29-22/h4-13,16H,1,14H2,2-3H3,(H,31,33)/t16-/m1/s1. The minimum Gasteiger partial charge on any atom is -0.345 e. The monoisotopic (exact) mass is 460 g/mol. The molecule has 4 aromatic rings. The molecule has 1 N–H and O–H groups in total. The Morgan fingerprint density at radius 3 is 2.41 bits per heavy atom. The quantitative estimate of drug-likeness (QED) is 0.455. The maximum absolute atomic E-state index is 13.4. The van der Waals surface area contributed by atoms with Crippen molar-refractivity contribution in [2.45, 2.75) is 26.4 Å². The van der Waals surface area contributed by atoms with Crippen LogP contribution in [0.25, 0.3) is 16.6 Å². The van der Waals surface area contributed by atoms with Crippen molar-refractivity contribution < 1.29 is 13.6 Å². The van der Waals surface area contributed by atoms with Crippen LogP contribution < -0.4 is 10.9 Å². The number of aromatic nitrogens is 3. The number of pyridine rings is 3. The molecule has 0 aliphatic heterocycles. The number of hydrogen-bond donors (Lipinski definition) is 1. The van der Waals surface area contributed by atoms with Crippen molar-refractivity contribution >= 4 is 22.5 Å². The van der Waals surface area contributed by atoms with Crippen molar-refractivity contribution in [1.82, 2.24) is 19.9 Å². The smallest absolute Gasteiger partial charge is 0.265 e. The van der Waals surface area contributed by atoms with Crippen molar-refractivity contribution in [3.8, 4) is 0 Å². The fourth-order valence-electron chi connectivity index (χ4n) is 3.58. The molecule has 3 aromatic heterocycles. The van der Waals surface area contributed by atoms with Crippen LogP contribution in [0.15, 0.2) is 72.3 Å². The molecular formula is C26H22F2N4O2. The van der Waals surface area contributed by atoms with Gasteiger partial charge >= 0.3 is 0 Å². The molecule has 1 amide bonds. The van der Waals surface area contributed by atoms with Crippen LogP contribution in [0.2, 0.25) is 0 Å². The third kappa shape index (κ3) is 4.76. The number of nitrogens with zero attached hydrogens (tertiary/aromatic N) is 3. The molecule has 0 unspecified atom stereocenters. The zero-order chi connectivity index (χ0) is 24.4. The minimum absolute atomic E-state index is 0.00364. The van der Waals surface area contributed by atoms with E-state index in [2.05, 4.69) is 21.9 Å². The van der Waals surface area contributed by atoms with Crippen LogP contribution in [0.3, 0.4) is 0 Å². The van der Waals surface area contributed by atoms with E-state index < -0.39 is 23.3 Å². The molecule has 8 heteroatoms. The van der Waals surface area contributed by atoms with Gasteiger partial charge in [0.2, 0.25) is 0 Å². The Balaban J connectivity index is 1.78. The Labute approximate surface area is 194 Å². The Bertz CT molecular complexity index is 1450. The Morgan fingerprint density at radius 1 is 1.06 bits per heavy atom. The van der Waals surface area contributed by atoms with Crippen LogP contribution >= 0.6 is 0 Å².